The minimum Gasteiger partial charge on any atom is -0.321 e. The van der Waals surface area contributed by atoms with E-state index in [9.17, 15) is 0 Å². The van der Waals surface area contributed by atoms with Crippen LogP contribution in [0.4, 0.5) is 0 Å². The molecule has 0 aliphatic heterocycles. The highest BCUT2D eigenvalue weighted by molar-refractivity contribution is 6.31. The van der Waals surface area contributed by atoms with Crippen LogP contribution in [0.5, 0.6) is 0 Å². The van der Waals surface area contributed by atoms with Crippen LogP contribution in [0.25, 0.3) is 0 Å². The number of hydrogen-bond acceptors (Lipinski definition) is 1. The van der Waals surface area contributed by atoms with E-state index < -0.39 is 0 Å². The molecule has 76 valence electrons. The van der Waals surface area contributed by atoms with Gasteiger partial charge in [0.1, 0.15) is 0 Å². The monoisotopic (exact) mass is 209 g/mol. The summed E-state index contributed by atoms with van der Waals surface area (Å²) in [5, 5.41) is 0.844. The number of nitrogens with two attached hydrogens (primary N) is 1. The molecule has 0 amide bonds. The van der Waals surface area contributed by atoms with E-state index in [1.165, 1.54) is 17.5 Å². The van der Waals surface area contributed by atoms with Crippen molar-refractivity contribution in [3.05, 3.63) is 33.8 Å². The van der Waals surface area contributed by atoms with E-state index in [1.54, 1.807) is 0 Å². The van der Waals surface area contributed by atoms with Crippen LogP contribution < -0.4 is 5.73 Å². The van der Waals surface area contributed by atoms with Crippen LogP contribution in [0, 0.1) is 13.8 Å². The highest BCUT2D eigenvalue weighted by Gasteiger charge is 2.35. The molecule has 1 aliphatic rings. The molecule has 0 bridgehead atoms. The fourth-order valence-corrected chi connectivity index (χ4v) is 2.43. The van der Waals surface area contributed by atoms with Crippen LogP contribution in [0.1, 0.15) is 36.0 Å². The molecule has 0 unspecified atom stereocenters. The summed E-state index contributed by atoms with van der Waals surface area (Å²) >= 11 is 6.15. The summed E-state index contributed by atoms with van der Waals surface area (Å²) in [5.74, 6) is 0. The first-order valence-electron chi connectivity index (χ1n) is 5.09. The van der Waals surface area contributed by atoms with Crippen molar-refractivity contribution in [3.63, 3.8) is 0 Å². The minimum absolute atomic E-state index is 0.0975. The van der Waals surface area contributed by atoms with Crippen molar-refractivity contribution in [1.29, 1.82) is 0 Å². The molecule has 1 aromatic rings. The molecule has 0 radical (unpaired) electrons. The zero-order valence-electron chi connectivity index (χ0n) is 8.73. The summed E-state index contributed by atoms with van der Waals surface area (Å²) < 4.78 is 0. The third kappa shape index (κ3) is 1.45. The number of hydrogen-bond donors (Lipinski definition) is 1. The molecule has 0 heterocycles. The fourth-order valence-electron chi connectivity index (χ4n) is 2.16. The maximum absolute atomic E-state index is 6.30. The van der Waals surface area contributed by atoms with Crippen LogP contribution >= 0.6 is 11.6 Å². The van der Waals surface area contributed by atoms with Gasteiger partial charge in [-0.3, -0.25) is 0 Å². The summed E-state index contributed by atoms with van der Waals surface area (Å²) in [6.45, 7) is 4.13. The average Bonchev–Trinajstić information content (AvgIpc) is 2.07. The minimum atomic E-state index is -0.0975. The van der Waals surface area contributed by atoms with Gasteiger partial charge in [0.05, 0.1) is 0 Å². The number of benzene rings is 1. The Labute approximate surface area is 90.3 Å². The average molecular weight is 210 g/mol. The summed E-state index contributed by atoms with van der Waals surface area (Å²) in [4.78, 5) is 0. The molecule has 1 aromatic carbocycles. The Hall–Kier alpha value is -0.530. The van der Waals surface area contributed by atoms with Crippen LogP contribution in [-0.2, 0) is 5.54 Å². The van der Waals surface area contributed by atoms with Crippen molar-refractivity contribution in [3.8, 4) is 0 Å². The van der Waals surface area contributed by atoms with Gasteiger partial charge < -0.3 is 5.73 Å². The molecule has 14 heavy (non-hydrogen) atoms. The van der Waals surface area contributed by atoms with Crippen molar-refractivity contribution < 1.29 is 0 Å². The lowest BCUT2D eigenvalue weighted by atomic mass is 9.71. The third-order valence-corrected chi connectivity index (χ3v) is 3.66. The van der Waals surface area contributed by atoms with Crippen molar-refractivity contribution >= 4 is 11.6 Å². The van der Waals surface area contributed by atoms with Gasteiger partial charge >= 0.3 is 0 Å². The Morgan fingerprint density at radius 3 is 2.43 bits per heavy atom. The molecule has 2 N–H and O–H groups in total. The van der Waals surface area contributed by atoms with E-state index in [1.807, 2.05) is 6.07 Å². The Bertz CT molecular complexity index is 367. The normalized spacial score (nSPS) is 19.1. The molecule has 0 spiro atoms. The SMILES string of the molecule is Cc1cc(Cl)c(C)c(C2(N)CCC2)c1. The largest absolute Gasteiger partial charge is 0.321 e. The Morgan fingerprint density at radius 2 is 1.93 bits per heavy atom. The molecular weight excluding hydrogens is 194 g/mol. The topological polar surface area (TPSA) is 26.0 Å². The summed E-state index contributed by atoms with van der Waals surface area (Å²) in [7, 11) is 0. The molecular formula is C12H16ClN. The van der Waals surface area contributed by atoms with Gasteiger partial charge in [-0.1, -0.05) is 17.7 Å². The molecule has 0 aromatic heterocycles. The second-order valence-electron chi connectivity index (χ2n) is 4.43. The van der Waals surface area contributed by atoms with Gasteiger partial charge in [0.25, 0.3) is 0 Å². The van der Waals surface area contributed by atoms with Gasteiger partial charge in [-0.25, -0.2) is 0 Å². The first-order chi connectivity index (χ1) is 6.53. The second-order valence-corrected chi connectivity index (χ2v) is 4.84. The lowest BCUT2D eigenvalue weighted by Crippen LogP contribution is -2.43. The van der Waals surface area contributed by atoms with Crippen LogP contribution in [0.2, 0.25) is 5.02 Å². The second kappa shape index (κ2) is 3.25. The highest BCUT2D eigenvalue weighted by atomic mass is 35.5. The maximum Gasteiger partial charge on any atom is 0.0441 e. The van der Waals surface area contributed by atoms with E-state index in [2.05, 4.69) is 19.9 Å². The fraction of sp³-hybridized carbons (Fsp3) is 0.500. The van der Waals surface area contributed by atoms with E-state index in [4.69, 9.17) is 17.3 Å². The number of aryl methyl sites for hydroxylation is 1. The van der Waals surface area contributed by atoms with Gasteiger partial charge in [-0.05, 0) is 55.9 Å². The maximum atomic E-state index is 6.30. The standard InChI is InChI=1S/C12H16ClN/c1-8-6-10(9(2)11(13)7-8)12(14)4-3-5-12/h6-7H,3-5,14H2,1-2H3. The summed E-state index contributed by atoms with van der Waals surface area (Å²) in [5.41, 5.74) is 9.80. The summed E-state index contributed by atoms with van der Waals surface area (Å²) in [6.07, 6.45) is 3.42. The number of rotatable bonds is 1. The lowest BCUT2D eigenvalue weighted by Gasteiger charge is -2.40. The van der Waals surface area contributed by atoms with Crippen LogP contribution in [-0.4, -0.2) is 0 Å². The van der Waals surface area contributed by atoms with Crippen molar-refractivity contribution in [2.75, 3.05) is 0 Å². The molecule has 0 atom stereocenters. The van der Waals surface area contributed by atoms with Gasteiger partial charge in [0.2, 0.25) is 0 Å². The molecule has 2 rings (SSSR count). The van der Waals surface area contributed by atoms with Gasteiger partial charge in [0.15, 0.2) is 0 Å². The van der Waals surface area contributed by atoms with E-state index >= 15 is 0 Å². The Kier molecular flexibility index (Phi) is 2.32. The smallest absolute Gasteiger partial charge is 0.0441 e. The van der Waals surface area contributed by atoms with Crippen molar-refractivity contribution in [1.82, 2.24) is 0 Å². The van der Waals surface area contributed by atoms with Crippen molar-refractivity contribution in [2.45, 2.75) is 38.6 Å². The molecule has 2 heteroatoms. The molecule has 1 nitrogen and oxygen atoms in total. The predicted molar refractivity (Wildman–Crippen MR) is 60.6 cm³/mol. The highest BCUT2D eigenvalue weighted by Crippen LogP contribution is 2.41. The number of halogens is 1. The van der Waals surface area contributed by atoms with Gasteiger partial charge in [-0.2, -0.15) is 0 Å². The Balaban J connectivity index is 2.51. The third-order valence-electron chi connectivity index (χ3n) is 3.27. The molecule has 0 saturated heterocycles. The van der Waals surface area contributed by atoms with E-state index in [0.717, 1.165) is 23.4 Å². The molecule has 1 fully saturated rings. The Morgan fingerprint density at radius 1 is 1.29 bits per heavy atom. The predicted octanol–water partition coefficient (Wildman–Crippen LogP) is 3.29. The van der Waals surface area contributed by atoms with Crippen LogP contribution in [0.3, 0.4) is 0 Å². The zero-order valence-corrected chi connectivity index (χ0v) is 9.49. The van der Waals surface area contributed by atoms with Crippen LogP contribution in [0.15, 0.2) is 12.1 Å². The van der Waals surface area contributed by atoms with E-state index in [0.29, 0.717) is 0 Å². The van der Waals surface area contributed by atoms with Crippen molar-refractivity contribution in [2.24, 2.45) is 5.73 Å². The quantitative estimate of drug-likeness (QED) is 0.755. The lowest BCUT2D eigenvalue weighted by molar-refractivity contribution is 0.252. The molecule has 1 saturated carbocycles. The summed E-state index contributed by atoms with van der Waals surface area (Å²) in [6, 6.07) is 4.18. The first-order valence-corrected chi connectivity index (χ1v) is 5.47. The van der Waals surface area contributed by atoms with E-state index in [-0.39, 0.29) is 5.54 Å². The zero-order chi connectivity index (χ0) is 10.3. The first kappa shape index (κ1) is 10.0. The molecule has 1 aliphatic carbocycles. The van der Waals surface area contributed by atoms with Gasteiger partial charge in [-0.15, -0.1) is 0 Å². The van der Waals surface area contributed by atoms with Gasteiger partial charge in [0, 0.05) is 10.6 Å².